The topological polar surface area (TPSA) is 49.9 Å². The highest BCUT2D eigenvalue weighted by Crippen LogP contribution is 2.22. The highest BCUT2D eigenvalue weighted by atomic mass is 32.2. The highest BCUT2D eigenvalue weighted by molar-refractivity contribution is 7.86. The molecule has 6 heteroatoms. The van der Waals surface area contributed by atoms with E-state index in [1.807, 2.05) is 54.6 Å². The molecule has 1 fully saturated rings. The Labute approximate surface area is 150 Å². The van der Waals surface area contributed by atoms with E-state index >= 15 is 0 Å². The molecule has 0 unspecified atom stereocenters. The first-order chi connectivity index (χ1) is 12.1. The van der Waals surface area contributed by atoms with Crippen molar-refractivity contribution in [3.8, 4) is 11.5 Å². The van der Waals surface area contributed by atoms with E-state index in [0.717, 1.165) is 36.3 Å². The summed E-state index contributed by atoms with van der Waals surface area (Å²) in [5.41, 5.74) is 0.934. The fourth-order valence-electron chi connectivity index (χ4n) is 2.92. The molecule has 5 nitrogen and oxygen atoms in total. The minimum absolute atomic E-state index is 0.352. The first-order valence-electron chi connectivity index (χ1n) is 8.59. The first kappa shape index (κ1) is 17.9. The van der Waals surface area contributed by atoms with Gasteiger partial charge in [-0.1, -0.05) is 36.8 Å². The molecule has 1 aliphatic heterocycles. The van der Waals surface area contributed by atoms with Crippen LogP contribution in [-0.2, 0) is 16.8 Å². The average Bonchev–Trinajstić information content (AvgIpc) is 2.65. The molecule has 134 valence electrons. The minimum atomic E-state index is -3.38. The van der Waals surface area contributed by atoms with Crippen molar-refractivity contribution in [1.29, 1.82) is 0 Å². The monoisotopic (exact) mass is 360 g/mol. The molecule has 1 saturated heterocycles. The zero-order chi connectivity index (χ0) is 17.7. The molecule has 1 aliphatic rings. The fraction of sp³-hybridized carbons (Fsp3) is 0.368. The molecule has 0 radical (unpaired) electrons. The van der Waals surface area contributed by atoms with Gasteiger partial charge in [0.25, 0.3) is 10.2 Å². The van der Waals surface area contributed by atoms with Gasteiger partial charge >= 0.3 is 0 Å². The van der Waals surface area contributed by atoms with E-state index in [4.69, 9.17) is 4.74 Å². The van der Waals surface area contributed by atoms with E-state index in [9.17, 15) is 8.42 Å². The van der Waals surface area contributed by atoms with Crippen LogP contribution in [0, 0.1) is 0 Å². The Morgan fingerprint density at radius 1 is 0.920 bits per heavy atom. The van der Waals surface area contributed by atoms with Gasteiger partial charge in [-0.25, -0.2) is 0 Å². The van der Waals surface area contributed by atoms with E-state index in [-0.39, 0.29) is 0 Å². The van der Waals surface area contributed by atoms with Gasteiger partial charge in [-0.05, 0) is 42.7 Å². The fourth-order valence-corrected chi connectivity index (χ4v) is 4.35. The van der Waals surface area contributed by atoms with Crippen LogP contribution in [0.25, 0.3) is 0 Å². The van der Waals surface area contributed by atoms with Gasteiger partial charge in [0.1, 0.15) is 11.5 Å². The normalized spacial score (nSPS) is 16.1. The molecule has 3 rings (SSSR count). The van der Waals surface area contributed by atoms with Crippen molar-refractivity contribution >= 4 is 10.2 Å². The Hall–Kier alpha value is -1.89. The number of ether oxygens (including phenoxy) is 1. The standard InChI is InChI=1S/C19H24N2O3S/c1-20(25(22,23)21-14-6-3-7-15-21)16-17-10-12-19(13-11-17)24-18-8-4-2-5-9-18/h2,4-5,8-13H,3,6-7,14-16H2,1H3. The van der Waals surface area contributed by atoms with Gasteiger partial charge in [-0.3, -0.25) is 0 Å². The number of nitrogens with zero attached hydrogens (tertiary/aromatic N) is 2. The predicted octanol–water partition coefficient (Wildman–Crippen LogP) is 3.64. The molecule has 0 atom stereocenters. The minimum Gasteiger partial charge on any atom is -0.457 e. The highest BCUT2D eigenvalue weighted by Gasteiger charge is 2.28. The lowest BCUT2D eigenvalue weighted by Crippen LogP contribution is -2.43. The summed E-state index contributed by atoms with van der Waals surface area (Å²) in [4.78, 5) is 0. The van der Waals surface area contributed by atoms with Gasteiger partial charge in [-0.15, -0.1) is 0 Å². The maximum Gasteiger partial charge on any atom is 0.282 e. The second kappa shape index (κ2) is 7.99. The van der Waals surface area contributed by atoms with Gasteiger partial charge in [0.15, 0.2) is 0 Å². The first-order valence-corrected chi connectivity index (χ1v) is 9.99. The Kier molecular flexibility index (Phi) is 5.73. The van der Waals surface area contributed by atoms with E-state index in [0.29, 0.717) is 19.6 Å². The molecule has 0 saturated carbocycles. The smallest absolute Gasteiger partial charge is 0.282 e. The number of rotatable bonds is 6. The van der Waals surface area contributed by atoms with E-state index in [1.54, 1.807) is 11.4 Å². The summed E-state index contributed by atoms with van der Waals surface area (Å²) < 4.78 is 34.0. The van der Waals surface area contributed by atoms with Crippen LogP contribution in [0.2, 0.25) is 0 Å². The van der Waals surface area contributed by atoms with Crippen LogP contribution in [0.15, 0.2) is 54.6 Å². The molecule has 0 aromatic heterocycles. The summed E-state index contributed by atoms with van der Waals surface area (Å²) >= 11 is 0. The Morgan fingerprint density at radius 2 is 1.52 bits per heavy atom. The van der Waals surface area contributed by atoms with Gasteiger partial charge in [0.05, 0.1) is 0 Å². The lowest BCUT2D eigenvalue weighted by molar-refractivity contribution is 0.314. The van der Waals surface area contributed by atoms with Gasteiger partial charge in [0, 0.05) is 26.7 Å². The van der Waals surface area contributed by atoms with Crippen molar-refractivity contribution in [3.63, 3.8) is 0 Å². The summed E-state index contributed by atoms with van der Waals surface area (Å²) in [5, 5.41) is 0. The van der Waals surface area contributed by atoms with Gasteiger partial charge < -0.3 is 4.74 Å². The molecule has 25 heavy (non-hydrogen) atoms. The third kappa shape index (κ3) is 4.60. The van der Waals surface area contributed by atoms with Crippen LogP contribution in [0.5, 0.6) is 11.5 Å². The summed E-state index contributed by atoms with van der Waals surface area (Å²) in [6.07, 6.45) is 3.00. The van der Waals surface area contributed by atoms with Crippen molar-refractivity contribution in [3.05, 3.63) is 60.2 Å². The number of piperidine rings is 1. The summed E-state index contributed by atoms with van der Waals surface area (Å²) in [6, 6.07) is 17.1. The molecule has 0 spiro atoms. The predicted molar refractivity (Wildman–Crippen MR) is 98.8 cm³/mol. The van der Waals surface area contributed by atoms with E-state index in [2.05, 4.69) is 0 Å². The van der Waals surface area contributed by atoms with Crippen LogP contribution in [0.3, 0.4) is 0 Å². The molecule has 1 heterocycles. The molecule has 0 N–H and O–H groups in total. The number of hydrogen-bond donors (Lipinski definition) is 0. The molecule has 2 aromatic rings. The van der Waals surface area contributed by atoms with Crippen molar-refractivity contribution in [2.45, 2.75) is 25.8 Å². The maximum absolute atomic E-state index is 12.6. The second-order valence-corrected chi connectivity index (χ2v) is 8.32. The molecule has 2 aromatic carbocycles. The largest absolute Gasteiger partial charge is 0.457 e. The quantitative estimate of drug-likeness (QED) is 0.790. The lowest BCUT2D eigenvalue weighted by atomic mass is 10.2. The average molecular weight is 360 g/mol. The van der Waals surface area contributed by atoms with E-state index < -0.39 is 10.2 Å². The van der Waals surface area contributed by atoms with E-state index in [1.165, 1.54) is 4.31 Å². The SMILES string of the molecule is CN(Cc1ccc(Oc2ccccc2)cc1)S(=O)(=O)N1CCCCC1. The molecular formula is C19H24N2O3S. The summed E-state index contributed by atoms with van der Waals surface area (Å²) in [7, 11) is -1.75. The van der Waals surface area contributed by atoms with Crippen LogP contribution in [0.1, 0.15) is 24.8 Å². The molecule has 0 amide bonds. The molecule has 0 aliphatic carbocycles. The third-order valence-electron chi connectivity index (χ3n) is 4.34. The van der Waals surface area contributed by atoms with Crippen molar-refractivity contribution < 1.29 is 13.2 Å². The van der Waals surface area contributed by atoms with Crippen molar-refractivity contribution in [1.82, 2.24) is 8.61 Å². The van der Waals surface area contributed by atoms with Crippen LogP contribution >= 0.6 is 0 Å². The molecule has 0 bridgehead atoms. The Balaban J connectivity index is 1.62. The maximum atomic E-state index is 12.6. The number of benzene rings is 2. The van der Waals surface area contributed by atoms with Crippen LogP contribution < -0.4 is 4.74 Å². The zero-order valence-corrected chi connectivity index (χ0v) is 15.3. The van der Waals surface area contributed by atoms with Gasteiger partial charge in [-0.2, -0.15) is 17.0 Å². The summed E-state index contributed by atoms with van der Waals surface area (Å²) in [5.74, 6) is 1.51. The lowest BCUT2D eigenvalue weighted by Gasteiger charge is -2.30. The second-order valence-electron chi connectivity index (χ2n) is 6.28. The van der Waals surface area contributed by atoms with Gasteiger partial charge in [0.2, 0.25) is 0 Å². The molecular weight excluding hydrogens is 336 g/mol. The summed E-state index contributed by atoms with van der Waals surface area (Å²) in [6.45, 7) is 1.59. The van der Waals surface area contributed by atoms with Crippen molar-refractivity contribution in [2.75, 3.05) is 20.1 Å². The zero-order valence-electron chi connectivity index (χ0n) is 14.5. The Morgan fingerprint density at radius 3 is 2.16 bits per heavy atom. The Bertz CT molecular complexity index is 770. The van der Waals surface area contributed by atoms with Crippen molar-refractivity contribution in [2.24, 2.45) is 0 Å². The third-order valence-corrected chi connectivity index (χ3v) is 6.28. The van der Waals surface area contributed by atoms with Crippen LogP contribution in [-0.4, -0.2) is 37.2 Å². The number of hydrogen-bond acceptors (Lipinski definition) is 3. The van der Waals surface area contributed by atoms with Crippen LogP contribution in [0.4, 0.5) is 0 Å². The number of para-hydroxylation sites is 1.